The van der Waals surface area contributed by atoms with E-state index in [0.29, 0.717) is 32.4 Å². The second-order valence-electron chi connectivity index (χ2n) is 6.43. The quantitative estimate of drug-likeness (QED) is 0.488. The van der Waals surface area contributed by atoms with Gasteiger partial charge in [0.15, 0.2) is 0 Å². The minimum atomic E-state index is -4.37. The van der Waals surface area contributed by atoms with Crippen LogP contribution in [0.2, 0.25) is 0 Å². The molecule has 1 fully saturated rings. The van der Waals surface area contributed by atoms with Crippen molar-refractivity contribution in [3.05, 3.63) is 28.3 Å². The van der Waals surface area contributed by atoms with Gasteiger partial charge in [0.25, 0.3) is 21.6 Å². The van der Waals surface area contributed by atoms with Crippen LogP contribution >= 0.6 is 0 Å². The lowest BCUT2D eigenvalue weighted by molar-refractivity contribution is -0.385. The van der Waals surface area contributed by atoms with Crippen molar-refractivity contribution in [1.29, 1.82) is 0 Å². The zero-order chi connectivity index (χ0) is 20.9. The highest BCUT2D eigenvalue weighted by atomic mass is 32.2. The Balaban J connectivity index is 2.29. The third-order valence-corrected chi connectivity index (χ3v) is 5.79. The number of amides is 2. The molecule has 2 rings (SSSR count). The van der Waals surface area contributed by atoms with Crippen LogP contribution in [0.25, 0.3) is 0 Å². The molecular weight excluding hydrogens is 388 g/mol. The molecule has 154 valence electrons. The molecule has 1 aromatic carbocycles. The topological polar surface area (TPSA) is 139 Å². The van der Waals surface area contributed by atoms with E-state index in [1.54, 1.807) is 6.92 Å². The number of likely N-dealkylation sites (tertiary alicyclic amines) is 1. The van der Waals surface area contributed by atoms with Crippen molar-refractivity contribution in [2.24, 2.45) is 0 Å². The predicted molar refractivity (Wildman–Crippen MR) is 102 cm³/mol. The number of nitrogens with one attached hydrogen (secondary N) is 2. The fourth-order valence-electron chi connectivity index (χ4n) is 3.13. The Kier molecular flexibility index (Phi) is 6.95. The third kappa shape index (κ3) is 4.77. The van der Waals surface area contributed by atoms with Gasteiger partial charge in [-0.1, -0.05) is 6.92 Å². The molecule has 28 heavy (non-hydrogen) atoms. The van der Waals surface area contributed by atoms with Crippen LogP contribution in [0.1, 0.15) is 39.5 Å². The minimum absolute atomic E-state index is 0.152. The van der Waals surface area contributed by atoms with Crippen LogP contribution in [0.15, 0.2) is 23.1 Å². The molecule has 0 radical (unpaired) electrons. The Morgan fingerprint density at radius 1 is 1.32 bits per heavy atom. The van der Waals surface area contributed by atoms with Crippen molar-refractivity contribution in [1.82, 2.24) is 9.62 Å². The number of rotatable bonds is 8. The molecule has 1 aliphatic rings. The van der Waals surface area contributed by atoms with Gasteiger partial charge >= 0.3 is 0 Å². The molecule has 2 amide bonds. The first-order valence-electron chi connectivity index (χ1n) is 9.09. The standard InChI is InChI=1S/C17H24N4O6S/c1-3-6-16(22)20-10-5-7-14(20)17(23)19-28(26,27)15-11-12(21(24)25)8-9-13(15)18-4-2/h8-9,11,14,18H,3-7,10H2,1-2H3,(H,19,23)/t14-/m1/s1. The van der Waals surface area contributed by atoms with E-state index >= 15 is 0 Å². The van der Waals surface area contributed by atoms with Gasteiger partial charge in [-0.2, -0.15) is 0 Å². The van der Waals surface area contributed by atoms with Gasteiger partial charge in [-0.15, -0.1) is 0 Å². The fourth-order valence-corrected chi connectivity index (χ4v) is 4.35. The van der Waals surface area contributed by atoms with Gasteiger partial charge < -0.3 is 10.2 Å². The van der Waals surface area contributed by atoms with Crippen LogP contribution in [0, 0.1) is 10.1 Å². The summed E-state index contributed by atoms with van der Waals surface area (Å²) in [5, 5.41) is 13.8. The highest BCUT2D eigenvalue weighted by Gasteiger charge is 2.36. The normalized spacial score (nSPS) is 16.6. The van der Waals surface area contributed by atoms with Crippen LogP contribution in [0.3, 0.4) is 0 Å². The van der Waals surface area contributed by atoms with Crippen LogP contribution in [0.4, 0.5) is 11.4 Å². The summed E-state index contributed by atoms with van der Waals surface area (Å²) in [5.41, 5.74) is -0.256. The van der Waals surface area contributed by atoms with E-state index in [1.807, 2.05) is 11.6 Å². The maximum absolute atomic E-state index is 12.8. The van der Waals surface area contributed by atoms with Gasteiger partial charge in [0.1, 0.15) is 10.9 Å². The molecule has 2 N–H and O–H groups in total. The smallest absolute Gasteiger partial charge is 0.270 e. The lowest BCUT2D eigenvalue weighted by Crippen LogP contribution is -2.47. The molecule has 0 spiro atoms. The Morgan fingerprint density at radius 3 is 2.64 bits per heavy atom. The summed E-state index contributed by atoms with van der Waals surface area (Å²) >= 11 is 0. The van der Waals surface area contributed by atoms with E-state index in [-0.39, 0.29) is 22.9 Å². The Hall–Kier alpha value is -2.69. The average molecular weight is 412 g/mol. The van der Waals surface area contributed by atoms with E-state index in [9.17, 15) is 28.1 Å². The summed E-state index contributed by atoms with van der Waals surface area (Å²) in [6, 6.07) is 2.51. The lowest BCUT2D eigenvalue weighted by Gasteiger charge is -2.24. The summed E-state index contributed by atoms with van der Waals surface area (Å²) in [6.07, 6.45) is 1.88. The first-order chi connectivity index (χ1) is 13.2. The van der Waals surface area contributed by atoms with E-state index in [2.05, 4.69) is 5.32 Å². The van der Waals surface area contributed by atoms with E-state index in [0.717, 1.165) is 6.07 Å². The second kappa shape index (κ2) is 9.00. The monoisotopic (exact) mass is 412 g/mol. The Labute approximate surface area is 163 Å². The number of carbonyl (C=O) groups excluding carboxylic acids is 2. The maximum Gasteiger partial charge on any atom is 0.270 e. The molecule has 1 saturated heterocycles. The van der Waals surface area contributed by atoms with Crippen LogP contribution in [0.5, 0.6) is 0 Å². The average Bonchev–Trinajstić information content (AvgIpc) is 3.12. The Morgan fingerprint density at radius 2 is 2.04 bits per heavy atom. The molecule has 1 heterocycles. The maximum atomic E-state index is 12.8. The van der Waals surface area contributed by atoms with Crippen molar-refractivity contribution >= 4 is 33.2 Å². The highest BCUT2D eigenvalue weighted by Crippen LogP contribution is 2.27. The molecule has 0 aromatic heterocycles. The summed E-state index contributed by atoms with van der Waals surface area (Å²) in [7, 11) is -4.37. The first-order valence-corrected chi connectivity index (χ1v) is 10.6. The number of benzene rings is 1. The fraction of sp³-hybridized carbons (Fsp3) is 0.529. The van der Waals surface area contributed by atoms with Gasteiger partial charge in [0.05, 0.1) is 10.6 Å². The second-order valence-corrected chi connectivity index (χ2v) is 8.08. The number of hydrogen-bond acceptors (Lipinski definition) is 7. The number of sulfonamides is 1. The zero-order valence-electron chi connectivity index (χ0n) is 15.8. The van der Waals surface area contributed by atoms with Crippen molar-refractivity contribution in [2.45, 2.75) is 50.5 Å². The molecule has 1 atom stereocenters. The van der Waals surface area contributed by atoms with Gasteiger partial charge in [-0.05, 0) is 32.3 Å². The van der Waals surface area contributed by atoms with E-state index in [1.165, 1.54) is 17.0 Å². The number of hydrogen-bond donors (Lipinski definition) is 2. The van der Waals surface area contributed by atoms with Crippen LogP contribution in [-0.2, 0) is 19.6 Å². The minimum Gasteiger partial charge on any atom is -0.384 e. The van der Waals surface area contributed by atoms with Gasteiger partial charge in [0.2, 0.25) is 5.91 Å². The molecule has 0 unspecified atom stereocenters. The highest BCUT2D eigenvalue weighted by molar-refractivity contribution is 7.90. The van der Waals surface area contributed by atoms with Crippen molar-refractivity contribution < 1.29 is 22.9 Å². The molecule has 1 aromatic rings. The van der Waals surface area contributed by atoms with E-state index < -0.39 is 32.6 Å². The van der Waals surface area contributed by atoms with Crippen molar-refractivity contribution in [3.8, 4) is 0 Å². The molecule has 10 nitrogen and oxygen atoms in total. The Bertz CT molecular complexity index is 870. The number of nitro benzene ring substituents is 1. The molecule has 0 bridgehead atoms. The number of anilines is 1. The summed E-state index contributed by atoms with van der Waals surface area (Å²) in [5.74, 6) is -1.00. The molecular formula is C17H24N4O6S. The van der Waals surface area contributed by atoms with Crippen molar-refractivity contribution in [3.63, 3.8) is 0 Å². The zero-order valence-corrected chi connectivity index (χ0v) is 16.6. The van der Waals surface area contributed by atoms with Gasteiger partial charge in [-0.25, -0.2) is 13.1 Å². The summed E-state index contributed by atoms with van der Waals surface area (Å²) in [6.45, 7) is 4.37. The molecule has 0 saturated carbocycles. The number of non-ortho nitro benzene ring substituents is 1. The van der Waals surface area contributed by atoms with Crippen LogP contribution in [-0.4, -0.2) is 49.2 Å². The number of carbonyl (C=O) groups is 2. The summed E-state index contributed by atoms with van der Waals surface area (Å²) < 4.78 is 27.5. The van der Waals surface area contributed by atoms with Crippen molar-refractivity contribution in [2.75, 3.05) is 18.4 Å². The predicted octanol–water partition coefficient (Wildman–Crippen LogP) is 1.62. The number of nitro groups is 1. The molecule has 11 heteroatoms. The molecule has 1 aliphatic heterocycles. The van der Waals surface area contributed by atoms with Crippen LogP contribution < -0.4 is 10.0 Å². The first kappa shape index (κ1) is 21.6. The summed E-state index contributed by atoms with van der Waals surface area (Å²) in [4.78, 5) is 36.1. The molecule has 0 aliphatic carbocycles. The SMILES string of the molecule is CCCC(=O)N1CCC[C@@H]1C(=O)NS(=O)(=O)c1cc([N+](=O)[O-])ccc1NCC. The number of nitrogens with zero attached hydrogens (tertiary/aromatic N) is 2. The van der Waals surface area contributed by atoms with Gasteiger partial charge in [0, 0.05) is 31.6 Å². The van der Waals surface area contributed by atoms with Gasteiger partial charge in [-0.3, -0.25) is 19.7 Å². The largest absolute Gasteiger partial charge is 0.384 e. The third-order valence-electron chi connectivity index (χ3n) is 4.41. The lowest BCUT2D eigenvalue weighted by atomic mass is 10.2. The van der Waals surface area contributed by atoms with E-state index in [4.69, 9.17) is 0 Å².